The van der Waals surface area contributed by atoms with Crippen LogP contribution in [0, 0.1) is 0 Å². The van der Waals surface area contributed by atoms with Gasteiger partial charge in [-0.1, -0.05) is 173 Å². The average Bonchev–Trinajstić information content (AvgIpc) is 3.07. The van der Waals surface area contributed by atoms with E-state index in [1.807, 2.05) is 0 Å². The Morgan fingerprint density at radius 1 is 0.511 bits per heavy atom. The monoisotopic (exact) mass is 666 g/mol. The number of allylic oxidation sites excluding steroid dienone is 4. The maximum absolute atomic E-state index is 12.4. The molecule has 0 aliphatic heterocycles. The molecule has 278 valence electrons. The number of amides is 1. The van der Waals surface area contributed by atoms with Crippen LogP contribution in [0.5, 0.6) is 0 Å². The van der Waals surface area contributed by atoms with Crippen molar-refractivity contribution in [2.75, 3.05) is 6.61 Å². The molecule has 0 spiro atoms. The summed E-state index contributed by atoms with van der Waals surface area (Å²) < 4.78 is 0. The van der Waals surface area contributed by atoms with Crippen LogP contribution in [0.25, 0.3) is 0 Å². The highest BCUT2D eigenvalue weighted by atomic mass is 16.3. The lowest BCUT2D eigenvalue weighted by molar-refractivity contribution is -0.132. The van der Waals surface area contributed by atoms with Gasteiger partial charge >= 0.3 is 0 Å². The first kappa shape index (κ1) is 45.8. The maximum Gasteiger partial charge on any atom is 0.249 e. The minimum absolute atomic E-state index is 0.362. The Bertz CT molecular complexity index is 712. The number of hydrogen-bond acceptors (Lipinski definition) is 5. The van der Waals surface area contributed by atoms with Crippen molar-refractivity contribution in [3.8, 4) is 0 Å². The van der Waals surface area contributed by atoms with Gasteiger partial charge in [0.1, 0.15) is 12.2 Å². The van der Waals surface area contributed by atoms with Gasteiger partial charge in [-0.3, -0.25) is 4.79 Å². The second kappa shape index (κ2) is 36.1. The standard InChI is InChI=1S/C41H79NO5/c1-3-5-7-9-11-13-15-16-17-18-19-20-21-22-23-24-25-27-28-30-32-34-38(44)40(46)37(36-43)42-41(47)39(45)35-33-31-29-26-14-12-10-8-6-4-2/h22-23,27-28,37-40,43-46H,3-21,24-26,29-36H2,1-2H3,(H,42,47)/b23-22+,28-27+. The molecule has 1 amide bonds. The molecule has 4 atom stereocenters. The zero-order valence-corrected chi connectivity index (χ0v) is 31.0. The first-order valence-electron chi connectivity index (χ1n) is 20.2. The molecule has 47 heavy (non-hydrogen) atoms. The SMILES string of the molecule is CCCCCCCCCCCCCC/C=C/CC/C=C/CCCC(O)C(O)C(CO)NC(=O)C(O)CCCCCCCCCCCC. The second-order valence-electron chi connectivity index (χ2n) is 14.0. The summed E-state index contributed by atoms with van der Waals surface area (Å²) in [6.07, 6.45) is 39.3. The third-order valence-electron chi connectivity index (χ3n) is 9.39. The number of aliphatic hydroxyl groups is 4. The average molecular weight is 666 g/mol. The van der Waals surface area contributed by atoms with Gasteiger partial charge in [0.05, 0.1) is 18.8 Å². The Morgan fingerprint density at radius 3 is 1.34 bits per heavy atom. The minimum Gasteiger partial charge on any atom is -0.394 e. The van der Waals surface area contributed by atoms with Gasteiger partial charge < -0.3 is 25.7 Å². The molecule has 0 aromatic carbocycles. The Labute approximate surface area is 291 Å². The van der Waals surface area contributed by atoms with Gasteiger partial charge in [0, 0.05) is 0 Å². The normalized spacial score (nSPS) is 14.6. The van der Waals surface area contributed by atoms with Crippen molar-refractivity contribution < 1.29 is 25.2 Å². The molecule has 0 saturated heterocycles. The Morgan fingerprint density at radius 2 is 0.894 bits per heavy atom. The molecule has 0 aliphatic rings. The van der Waals surface area contributed by atoms with Crippen molar-refractivity contribution in [1.82, 2.24) is 5.32 Å². The smallest absolute Gasteiger partial charge is 0.249 e. The molecule has 5 N–H and O–H groups in total. The van der Waals surface area contributed by atoms with Crippen LogP contribution in [-0.4, -0.2) is 57.3 Å². The Hall–Kier alpha value is -1.21. The molecule has 0 heterocycles. The van der Waals surface area contributed by atoms with Gasteiger partial charge in [0.2, 0.25) is 5.91 Å². The summed E-state index contributed by atoms with van der Waals surface area (Å²) >= 11 is 0. The van der Waals surface area contributed by atoms with Crippen LogP contribution in [0.4, 0.5) is 0 Å². The summed E-state index contributed by atoms with van der Waals surface area (Å²) in [6, 6.07) is -1.00. The van der Waals surface area contributed by atoms with E-state index in [2.05, 4.69) is 43.5 Å². The zero-order valence-electron chi connectivity index (χ0n) is 31.0. The summed E-state index contributed by atoms with van der Waals surface area (Å²) in [7, 11) is 0. The molecule has 0 saturated carbocycles. The first-order valence-corrected chi connectivity index (χ1v) is 20.2. The lowest BCUT2D eigenvalue weighted by atomic mass is 10.00. The van der Waals surface area contributed by atoms with E-state index in [-0.39, 0.29) is 0 Å². The predicted octanol–water partition coefficient (Wildman–Crippen LogP) is 10.0. The van der Waals surface area contributed by atoms with Crippen LogP contribution >= 0.6 is 0 Å². The summed E-state index contributed by atoms with van der Waals surface area (Å²) in [4.78, 5) is 12.4. The molecule has 0 aromatic heterocycles. The molecule has 0 aromatic rings. The van der Waals surface area contributed by atoms with Gasteiger partial charge in [0.15, 0.2) is 0 Å². The van der Waals surface area contributed by atoms with E-state index in [4.69, 9.17) is 0 Å². The largest absolute Gasteiger partial charge is 0.394 e. The van der Waals surface area contributed by atoms with Crippen LogP contribution in [0.15, 0.2) is 24.3 Å². The molecule has 0 rings (SSSR count). The van der Waals surface area contributed by atoms with Gasteiger partial charge in [0.25, 0.3) is 0 Å². The molecule has 0 bridgehead atoms. The predicted molar refractivity (Wildman–Crippen MR) is 201 cm³/mol. The fourth-order valence-corrected chi connectivity index (χ4v) is 6.12. The topological polar surface area (TPSA) is 110 Å². The van der Waals surface area contributed by atoms with Crippen molar-refractivity contribution in [3.63, 3.8) is 0 Å². The van der Waals surface area contributed by atoms with E-state index in [0.717, 1.165) is 38.5 Å². The second-order valence-corrected chi connectivity index (χ2v) is 14.0. The van der Waals surface area contributed by atoms with Gasteiger partial charge in [-0.25, -0.2) is 0 Å². The zero-order chi connectivity index (χ0) is 34.6. The van der Waals surface area contributed by atoms with E-state index < -0.39 is 36.9 Å². The van der Waals surface area contributed by atoms with E-state index in [9.17, 15) is 25.2 Å². The Kier molecular flexibility index (Phi) is 35.2. The summed E-state index contributed by atoms with van der Waals surface area (Å²) in [5, 5.41) is 43.4. The maximum atomic E-state index is 12.4. The number of aliphatic hydroxyl groups excluding tert-OH is 4. The number of unbranched alkanes of at least 4 members (excludes halogenated alkanes) is 23. The van der Waals surface area contributed by atoms with Crippen LogP contribution in [0.2, 0.25) is 0 Å². The van der Waals surface area contributed by atoms with Gasteiger partial charge in [-0.2, -0.15) is 0 Å². The quantitative estimate of drug-likeness (QED) is 0.0338. The lowest BCUT2D eigenvalue weighted by Gasteiger charge is -2.27. The lowest BCUT2D eigenvalue weighted by Crippen LogP contribution is -2.53. The third kappa shape index (κ3) is 30.6. The third-order valence-corrected chi connectivity index (χ3v) is 9.39. The molecule has 0 fully saturated rings. The van der Waals surface area contributed by atoms with Crippen LogP contribution in [0.1, 0.15) is 200 Å². The van der Waals surface area contributed by atoms with Crippen LogP contribution in [-0.2, 0) is 4.79 Å². The summed E-state index contributed by atoms with van der Waals surface area (Å²) in [6.45, 7) is 4.00. The summed E-state index contributed by atoms with van der Waals surface area (Å²) in [5.41, 5.74) is 0. The van der Waals surface area contributed by atoms with Crippen molar-refractivity contribution in [2.24, 2.45) is 0 Å². The van der Waals surface area contributed by atoms with Crippen molar-refractivity contribution in [2.45, 2.75) is 224 Å². The molecule has 6 heteroatoms. The molecule has 0 aliphatic carbocycles. The molecule has 6 nitrogen and oxygen atoms in total. The minimum atomic E-state index is -1.28. The fraction of sp³-hybridized carbons (Fsp3) is 0.878. The van der Waals surface area contributed by atoms with Crippen molar-refractivity contribution >= 4 is 5.91 Å². The Balaban J connectivity index is 3.81. The van der Waals surface area contributed by atoms with E-state index in [1.165, 1.54) is 128 Å². The van der Waals surface area contributed by atoms with Gasteiger partial charge in [-0.05, 0) is 51.4 Å². The summed E-state index contributed by atoms with van der Waals surface area (Å²) in [5.74, 6) is -0.600. The number of carbonyl (C=O) groups excluding carboxylic acids is 1. The molecular formula is C41H79NO5. The highest BCUT2D eigenvalue weighted by Gasteiger charge is 2.28. The highest BCUT2D eigenvalue weighted by molar-refractivity contribution is 5.80. The van der Waals surface area contributed by atoms with Crippen molar-refractivity contribution in [1.29, 1.82) is 0 Å². The van der Waals surface area contributed by atoms with Gasteiger partial charge in [-0.15, -0.1) is 0 Å². The van der Waals surface area contributed by atoms with Crippen molar-refractivity contribution in [3.05, 3.63) is 24.3 Å². The van der Waals surface area contributed by atoms with E-state index in [1.54, 1.807) is 0 Å². The van der Waals surface area contributed by atoms with Crippen LogP contribution in [0.3, 0.4) is 0 Å². The number of rotatable bonds is 36. The first-order chi connectivity index (χ1) is 23.0. The molecule has 0 radical (unpaired) electrons. The number of hydrogen-bond donors (Lipinski definition) is 5. The fourth-order valence-electron chi connectivity index (χ4n) is 6.12. The van der Waals surface area contributed by atoms with E-state index >= 15 is 0 Å². The van der Waals surface area contributed by atoms with E-state index in [0.29, 0.717) is 19.3 Å². The number of nitrogens with one attached hydrogen (secondary N) is 1. The van der Waals surface area contributed by atoms with Crippen LogP contribution < -0.4 is 5.32 Å². The molecule has 4 unspecified atom stereocenters. The highest BCUT2D eigenvalue weighted by Crippen LogP contribution is 2.15. The molecular weight excluding hydrogens is 586 g/mol. The number of carbonyl (C=O) groups is 1.